The Morgan fingerprint density at radius 3 is 3.08 bits per heavy atom. The van der Waals surface area contributed by atoms with Crippen LogP contribution in [0.3, 0.4) is 0 Å². The molecule has 0 saturated carbocycles. The van der Waals surface area contributed by atoms with Crippen LogP contribution in [0.2, 0.25) is 0 Å². The van der Waals surface area contributed by atoms with Crippen LogP contribution in [-0.4, -0.2) is 32.1 Å². The van der Waals surface area contributed by atoms with Gasteiger partial charge >= 0.3 is 5.97 Å². The first-order valence-electron chi connectivity index (χ1n) is 3.97. The van der Waals surface area contributed by atoms with Gasteiger partial charge in [-0.2, -0.15) is 0 Å². The van der Waals surface area contributed by atoms with E-state index >= 15 is 0 Å². The maximum Gasteiger partial charge on any atom is 0.313 e. The van der Waals surface area contributed by atoms with Gasteiger partial charge in [-0.1, -0.05) is 0 Å². The number of rotatable bonds is 5. The summed E-state index contributed by atoms with van der Waals surface area (Å²) < 4.78 is 2.01. The highest BCUT2D eigenvalue weighted by molar-refractivity contribution is 7.99. The minimum Gasteiger partial charge on any atom is -0.481 e. The van der Waals surface area contributed by atoms with Crippen molar-refractivity contribution in [1.82, 2.24) is 9.55 Å². The molecule has 0 amide bonds. The molecule has 13 heavy (non-hydrogen) atoms. The van der Waals surface area contributed by atoms with E-state index in [0.717, 1.165) is 18.1 Å². The molecule has 5 heteroatoms. The summed E-state index contributed by atoms with van der Waals surface area (Å²) in [5.74, 6) is 1.19. The first kappa shape index (κ1) is 10.1. The van der Waals surface area contributed by atoms with E-state index in [1.165, 1.54) is 11.8 Å². The van der Waals surface area contributed by atoms with Crippen LogP contribution >= 0.6 is 11.8 Å². The summed E-state index contributed by atoms with van der Waals surface area (Å²) in [6.07, 6.45) is 3.65. The van der Waals surface area contributed by atoms with Gasteiger partial charge in [-0.3, -0.25) is 4.79 Å². The highest BCUT2D eigenvalue weighted by atomic mass is 32.2. The lowest BCUT2D eigenvalue weighted by Crippen LogP contribution is -2.04. The molecule has 0 radical (unpaired) electrons. The lowest BCUT2D eigenvalue weighted by atomic mass is 10.6. The normalized spacial score (nSPS) is 10.2. The largest absolute Gasteiger partial charge is 0.481 e. The zero-order valence-corrected chi connectivity index (χ0v) is 8.25. The number of carboxylic acid groups (broad SMARTS) is 1. The molecule has 72 valence electrons. The number of carboxylic acids is 1. The Bertz CT molecular complexity index is 285. The van der Waals surface area contributed by atoms with Crippen molar-refractivity contribution in [3.05, 3.63) is 18.2 Å². The van der Waals surface area contributed by atoms with Crippen molar-refractivity contribution >= 4 is 17.7 Å². The molecular weight excluding hydrogens is 188 g/mol. The third-order valence-corrected chi connectivity index (χ3v) is 2.55. The van der Waals surface area contributed by atoms with Crippen LogP contribution in [0.1, 0.15) is 5.82 Å². The molecule has 0 fully saturated rings. The maximum absolute atomic E-state index is 10.2. The summed E-state index contributed by atoms with van der Waals surface area (Å²) >= 11 is 1.42. The fraction of sp³-hybridized carbons (Fsp3) is 0.500. The smallest absolute Gasteiger partial charge is 0.313 e. The van der Waals surface area contributed by atoms with Crippen LogP contribution in [0.5, 0.6) is 0 Å². The van der Waals surface area contributed by atoms with E-state index < -0.39 is 5.97 Å². The van der Waals surface area contributed by atoms with E-state index in [1.807, 2.05) is 17.7 Å². The van der Waals surface area contributed by atoms with Crippen LogP contribution in [-0.2, 0) is 11.3 Å². The Morgan fingerprint density at radius 2 is 2.54 bits per heavy atom. The minimum atomic E-state index is -0.757. The van der Waals surface area contributed by atoms with Crippen molar-refractivity contribution < 1.29 is 9.90 Å². The molecule has 0 aliphatic rings. The first-order chi connectivity index (χ1) is 6.20. The van der Waals surface area contributed by atoms with Crippen LogP contribution in [0.4, 0.5) is 0 Å². The van der Waals surface area contributed by atoms with Crippen molar-refractivity contribution in [2.24, 2.45) is 0 Å². The van der Waals surface area contributed by atoms with Crippen molar-refractivity contribution in [1.29, 1.82) is 0 Å². The van der Waals surface area contributed by atoms with E-state index in [1.54, 1.807) is 6.20 Å². The van der Waals surface area contributed by atoms with Crippen LogP contribution in [0, 0.1) is 6.92 Å². The molecule has 0 spiro atoms. The number of imidazole rings is 1. The van der Waals surface area contributed by atoms with Gasteiger partial charge in [0.1, 0.15) is 5.82 Å². The van der Waals surface area contributed by atoms with Gasteiger partial charge in [-0.25, -0.2) is 4.98 Å². The first-order valence-corrected chi connectivity index (χ1v) is 5.13. The lowest BCUT2D eigenvalue weighted by molar-refractivity contribution is -0.133. The predicted octanol–water partition coefficient (Wildman–Crippen LogP) is 1.01. The van der Waals surface area contributed by atoms with Gasteiger partial charge < -0.3 is 9.67 Å². The number of thioether (sulfide) groups is 1. The standard InChI is InChI=1S/C8H12N2O2S/c1-7-9-2-3-10(7)4-5-13-6-8(11)12/h2-3H,4-6H2,1H3,(H,11,12). The number of nitrogens with zero attached hydrogens (tertiary/aromatic N) is 2. The second-order valence-corrected chi connectivity index (χ2v) is 3.72. The fourth-order valence-corrected chi connectivity index (χ4v) is 1.61. The van der Waals surface area contributed by atoms with E-state index in [9.17, 15) is 4.79 Å². The molecule has 1 aromatic heterocycles. The zero-order valence-electron chi connectivity index (χ0n) is 7.43. The summed E-state index contributed by atoms with van der Waals surface area (Å²) in [6, 6.07) is 0. The van der Waals surface area contributed by atoms with E-state index in [-0.39, 0.29) is 5.75 Å². The quantitative estimate of drug-likeness (QED) is 0.721. The average molecular weight is 200 g/mol. The third kappa shape index (κ3) is 3.50. The van der Waals surface area contributed by atoms with Gasteiger partial charge in [0.25, 0.3) is 0 Å². The molecule has 1 heterocycles. The molecule has 0 aromatic carbocycles. The Kier molecular flexibility index (Phi) is 3.82. The Hall–Kier alpha value is -0.970. The topological polar surface area (TPSA) is 55.1 Å². The number of hydrogen-bond donors (Lipinski definition) is 1. The molecule has 1 N–H and O–H groups in total. The number of hydrogen-bond acceptors (Lipinski definition) is 3. The summed E-state index contributed by atoms with van der Waals surface area (Å²) in [6.45, 7) is 2.76. The minimum absolute atomic E-state index is 0.174. The van der Waals surface area contributed by atoms with Gasteiger partial charge in [0.15, 0.2) is 0 Å². The Labute approximate surface area is 81.0 Å². The second kappa shape index (κ2) is 4.91. The van der Waals surface area contributed by atoms with Crippen LogP contribution in [0.25, 0.3) is 0 Å². The molecule has 0 aliphatic carbocycles. The molecule has 0 bridgehead atoms. The van der Waals surface area contributed by atoms with Crippen molar-refractivity contribution in [3.63, 3.8) is 0 Å². The summed E-state index contributed by atoms with van der Waals surface area (Å²) in [7, 11) is 0. The van der Waals surface area contributed by atoms with E-state index in [2.05, 4.69) is 4.98 Å². The van der Waals surface area contributed by atoms with E-state index in [0.29, 0.717) is 0 Å². The monoisotopic (exact) mass is 200 g/mol. The van der Waals surface area contributed by atoms with Gasteiger partial charge in [-0.15, -0.1) is 11.8 Å². The number of carbonyl (C=O) groups is 1. The summed E-state index contributed by atoms with van der Waals surface area (Å²) in [4.78, 5) is 14.3. The molecule has 1 rings (SSSR count). The summed E-state index contributed by atoms with van der Waals surface area (Å²) in [5, 5.41) is 8.39. The van der Waals surface area contributed by atoms with Gasteiger partial charge in [0, 0.05) is 24.7 Å². The molecule has 0 aliphatic heterocycles. The Balaban J connectivity index is 2.20. The third-order valence-electron chi connectivity index (χ3n) is 1.63. The van der Waals surface area contributed by atoms with Crippen LogP contribution in [0.15, 0.2) is 12.4 Å². The molecule has 4 nitrogen and oxygen atoms in total. The average Bonchev–Trinajstić information content (AvgIpc) is 2.45. The van der Waals surface area contributed by atoms with Crippen molar-refractivity contribution in [3.8, 4) is 0 Å². The molecular formula is C8H12N2O2S. The van der Waals surface area contributed by atoms with Crippen molar-refractivity contribution in [2.75, 3.05) is 11.5 Å². The van der Waals surface area contributed by atoms with Crippen LogP contribution < -0.4 is 0 Å². The number of aryl methyl sites for hydroxylation is 2. The van der Waals surface area contributed by atoms with E-state index in [4.69, 9.17) is 5.11 Å². The van der Waals surface area contributed by atoms with Crippen molar-refractivity contribution in [2.45, 2.75) is 13.5 Å². The molecule has 1 aromatic rings. The van der Waals surface area contributed by atoms with Gasteiger partial charge in [0.2, 0.25) is 0 Å². The predicted molar refractivity (Wildman–Crippen MR) is 51.9 cm³/mol. The highest BCUT2D eigenvalue weighted by Crippen LogP contribution is 2.02. The number of aliphatic carboxylic acids is 1. The number of aromatic nitrogens is 2. The Morgan fingerprint density at radius 1 is 1.77 bits per heavy atom. The fourth-order valence-electron chi connectivity index (χ4n) is 0.962. The second-order valence-electron chi connectivity index (χ2n) is 2.61. The lowest BCUT2D eigenvalue weighted by Gasteiger charge is -2.02. The molecule has 0 unspecified atom stereocenters. The van der Waals surface area contributed by atoms with Gasteiger partial charge in [0.05, 0.1) is 5.75 Å². The van der Waals surface area contributed by atoms with Gasteiger partial charge in [-0.05, 0) is 6.92 Å². The SMILES string of the molecule is Cc1nccn1CCSCC(=O)O. The maximum atomic E-state index is 10.2. The molecule has 0 atom stereocenters. The highest BCUT2D eigenvalue weighted by Gasteiger charge is 1.98. The molecule has 0 saturated heterocycles. The zero-order chi connectivity index (χ0) is 9.68. The summed E-state index contributed by atoms with van der Waals surface area (Å²) in [5.41, 5.74) is 0.